The minimum Gasteiger partial charge on any atom is -0.497 e. The molecule has 3 amide bonds. The Kier molecular flexibility index (Phi) is 5.73. The summed E-state index contributed by atoms with van der Waals surface area (Å²) in [6.07, 6.45) is 0.872. The topological polar surface area (TPSA) is 84.9 Å². The molecular weight excluding hydrogens is 556 g/mol. The number of nitrogens with one attached hydrogen (secondary N) is 1. The molecule has 2 aromatic rings. The van der Waals surface area contributed by atoms with E-state index < -0.39 is 0 Å². The van der Waals surface area contributed by atoms with Gasteiger partial charge in [0.05, 0.1) is 37.4 Å². The number of hydrogen-bond acceptors (Lipinski definition) is 5. The van der Waals surface area contributed by atoms with E-state index in [-0.39, 0.29) is 51.0 Å². The van der Waals surface area contributed by atoms with Gasteiger partial charge < -0.3 is 14.8 Å². The maximum Gasteiger partial charge on any atom is 0.255 e. The lowest BCUT2D eigenvalue weighted by Crippen LogP contribution is -2.37. The minimum absolute atomic E-state index is 0.137. The number of alkyl halides is 2. The fourth-order valence-corrected chi connectivity index (χ4v) is 7.37. The zero-order valence-corrected chi connectivity index (χ0v) is 21.1. The van der Waals surface area contributed by atoms with Gasteiger partial charge in [0.15, 0.2) is 0 Å². The Morgan fingerprint density at radius 3 is 2.24 bits per heavy atom. The number of carbonyl (C=O) groups excluding carboxylic acids is 3. The third-order valence-corrected chi connectivity index (χ3v) is 10.2. The van der Waals surface area contributed by atoms with Gasteiger partial charge in [-0.3, -0.25) is 19.3 Å². The average Bonchev–Trinajstić information content (AvgIpc) is 3.43. The Hall–Kier alpha value is -2.39. The molecule has 0 aromatic heterocycles. The predicted octanol–water partition coefficient (Wildman–Crippen LogP) is 4.24. The SMILES string of the molecule is COc1ccc(OC)c(NC(=O)c2cccc(N3C(=O)[C@@H]4[C@H]5C[C@@H]([C@H](Br)[C@H]5Br)[C@H]4C3=O)c2)c1. The maximum atomic E-state index is 13.3. The van der Waals surface area contributed by atoms with Crippen LogP contribution in [-0.4, -0.2) is 41.6 Å². The number of nitrogens with zero attached hydrogens (tertiary/aromatic N) is 1. The zero-order chi connectivity index (χ0) is 23.4. The van der Waals surface area contributed by atoms with E-state index in [2.05, 4.69) is 37.2 Å². The van der Waals surface area contributed by atoms with Crippen LogP contribution in [0.5, 0.6) is 11.5 Å². The van der Waals surface area contributed by atoms with Crippen molar-refractivity contribution in [3.8, 4) is 11.5 Å². The summed E-state index contributed by atoms with van der Waals surface area (Å²) in [5.74, 6) is -0.00810. The van der Waals surface area contributed by atoms with Crippen molar-refractivity contribution in [1.29, 1.82) is 0 Å². The highest BCUT2D eigenvalue weighted by atomic mass is 79.9. The van der Waals surface area contributed by atoms with Crippen LogP contribution in [0.3, 0.4) is 0 Å². The van der Waals surface area contributed by atoms with Gasteiger partial charge in [-0.1, -0.05) is 37.9 Å². The number of hydrogen-bond donors (Lipinski definition) is 1. The summed E-state index contributed by atoms with van der Waals surface area (Å²) in [6.45, 7) is 0. The molecule has 172 valence electrons. The number of carbonyl (C=O) groups is 3. The van der Waals surface area contributed by atoms with Crippen molar-refractivity contribution in [2.24, 2.45) is 23.7 Å². The average molecular weight is 578 g/mol. The highest BCUT2D eigenvalue weighted by Gasteiger charge is 2.66. The second kappa shape index (κ2) is 8.43. The first-order chi connectivity index (χ1) is 15.8. The lowest BCUT2D eigenvalue weighted by atomic mass is 9.81. The molecule has 2 bridgehead atoms. The number of imide groups is 1. The van der Waals surface area contributed by atoms with Crippen LogP contribution in [0.1, 0.15) is 16.8 Å². The highest BCUT2D eigenvalue weighted by Crippen LogP contribution is 2.60. The highest BCUT2D eigenvalue weighted by molar-refractivity contribution is 9.12. The number of halogens is 2. The number of amides is 3. The van der Waals surface area contributed by atoms with Gasteiger partial charge in [0.1, 0.15) is 11.5 Å². The van der Waals surface area contributed by atoms with Crippen LogP contribution in [0.2, 0.25) is 0 Å². The van der Waals surface area contributed by atoms with Crippen LogP contribution < -0.4 is 19.7 Å². The summed E-state index contributed by atoms with van der Waals surface area (Å²) < 4.78 is 10.6. The van der Waals surface area contributed by atoms with E-state index in [1.165, 1.54) is 19.1 Å². The number of fused-ring (bicyclic) bond motifs is 5. The van der Waals surface area contributed by atoms with Crippen molar-refractivity contribution in [3.05, 3.63) is 48.0 Å². The Balaban J connectivity index is 1.41. The molecule has 0 spiro atoms. The Labute approximate surface area is 208 Å². The summed E-state index contributed by atoms with van der Waals surface area (Å²) in [7, 11) is 3.06. The lowest BCUT2D eigenvalue weighted by molar-refractivity contribution is -0.123. The van der Waals surface area contributed by atoms with Crippen LogP contribution in [0, 0.1) is 23.7 Å². The van der Waals surface area contributed by atoms with Gasteiger partial charge in [-0.2, -0.15) is 0 Å². The van der Waals surface area contributed by atoms with E-state index >= 15 is 0 Å². The van der Waals surface area contributed by atoms with Crippen molar-refractivity contribution in [3.63, 3.8) is 0 Å². The summed E-state index contributed by atoms with van der Waals surface area (Å²) >= 11 is 7.41. The first-order valence-electron chi connectivity index (χ1n) is 10.6. The molecule has 1 N–H and O–H groups in total. The maximum absolute atomic E-state index is 13.3. The van der Waals surface area contributed by atoms with Crippen LogP contribution in [0.25, 0.3) is 0 Å². The molecule has 1 heterocycles. The Morgan fingerprint density at radius 2 is 1.64 bits per heavy atom. The van der Waals surface area contributed by atoms with Crippen LogP contribution >= 0.6 is 31.9 Å². The molecule has 1 aliphatic heterocycles. The number of methoxy groups -OCH3 is 2. The van der Waals surface area contributed by atoms with Gasteiger partial charge in [-0.15, -0.1) is 0 Å². The summed E-state index contributed by atoms with van der Waals surface area (Å²) in [4.78, 5) is 41.2. The van der Waals surface area contributed by atoms with E-state index in [9.17, 15) is 14.4 Å². The molecule has 3 aliphatic rings. The third kappa shape index (κ3) is 3.47. The molecule has 0 radical (unpaired) electrons. The molecule has 7 nitrogen and oxygen atoms in total. The van der Waals surface area contributed by atoms with Crippen molar-refractivity contribution in [2.45, 2.75) is 16.1 Å². The van der Waals surface area contributed by atoms with Gasteiger partial charge in [-0.25, -0.2) is 0 Å². The first-order valence-corrected chi connectivity index (χ1v) is 12.5. The molecule has 33 heavy (non-hydrogen) atoms. The Morgan fingerprint density at radius 1 is 0.970 bits per heavy atom. The largest absolute Gasteiger partial charge is 0.497 e. The fourth-order valence-electron chi connectivity index (χ4n) is 5.50. The van der Waals surface area contributed by atoms with Crippen molar-refractivity contribution >= 4 is 61.0 Å². The van der Waals surface area contributed by atoms with E-state index in [4.69, 9.17) is 9.47 Å². The van der Waals surface area contributed by atoms with E-state index in [0.717, 1.165) is 6.42 Å². The quantitative estimate of drug-likeness (QED) is 0.424. The monoisotopic (exact) mass is 576 g/mol. The Bertz CT molecular complexity index is 1120. The number of rotatable bonds is 5. The van der Waals surface area contributed by atoms with E-state index in [1.54, 1.807) is 42.5 Å². The van der Waals surface area contributed by atoms with Gasteiger partial charge in [-0.05, 0) is 48.6 Å². The molecule has 3 fully saturated rings. The molecular formula is C24H22Br2N2O5. The third-order valence-electron chi connectivity index (χ3n) is 7.01. The van der Waals surface area contributed by atoms with Crippen LogP contribution in [0.15, 0.2) is 42.5 Å². The van der Waals surface area contributed by atoms with Crippen molar-refractivity contribution in [1.82, 2.24) is 0 Å². The van der Waals surface area contributed by atoms with E-state index in [0.29, 0.717) is 28.4 Å². The van der Waals surface area contributed by atoms with Crippen molar-refractivity contribution in [2.75, 3.05) is 24.4 Å². The standard InChI is InChI=1S/C24H22Br2N2O5/c1-32-13-6-7-17(33-2)16(9-13)27-22(29)11-4-3-5-12(8-11)28-23(30)18-14-10-15(19(18)24(28)31)21(26)20(14)25/h3-9,14-15,18-21H,10H2,1-2H3,(H,27,29)/t14-,15-,18-,19-,20+,21+/m1/s1. The molecule has 1 saturated heterocycles. The first kappa shape index (κ1) is 22.4. The van der Waals surface area contributed by atoms with Gasteiger partial charge >= 0.3 is 0 Å². The van der Waals surface area contributed by atoms with E-state index in [1.807, 2.05) is 0 Å². The van der Waals surface area contributed by atoms with Crippen molar-refractivity contribution < 1.29 is 23.9 Å². The van der Waals surface area contributed by atoms with Crippen LogP contribution in [-0.2, 0) is 9.59 Å². The second-order valence-electron chi connectivity index (χ2n) is 8.59. The van der Waals surface area contributed by atoms with Gasteiger partial charge in [0.25, 0.3) is 5.91 Å². The van der Waals surface area contributed by atoms with Gasteiger partial charge in [0.2, 0.25) is 11.8 Å². The molecule has 6 atom stereocenters. The molecule has 2 aliphatic carbocycles. The normalized spacial score (nSPS) is 29.9. The lowest BCUT2D eigenvalue weighted by Gasteiger charge is -2.28. The molecule has 0 unspecified atom stereocenters. The van der Waals surface area contributed by atoms with Crippen LogP contribution in [0.4, 0.5) is 11.4 Å². The molecule has 2 saturated carbocycles. The fraction of sp³-hybridized carbons (Fsp3) is 0.375. The minimum atomic E-state index is -0.385. The number of ether oxygens (including phenoxy) is 2. The summed E-state index contributed by atoms with van der Waals surface area (Å²) in [6, 6.07) is 11.7. The number of benzene rings is 2. The molecule has 9 heteroatoms. The second-order valence-corrected chi connectivity index (χ2v) is 10.7. The van der Waals surface area contributed by atoms with Gasteiger partial charge in [0, 0.05) is 21.3 Å². The summed E-state index contributed by atoms with van der Waals surface area (Å²) in [5, 5.41) is 2.82. The number of anilines is 2. The predicted molar refractivity (Wildman–Crippen MR) is 130 cm³/mol. The summed E-state index contributed by atoms with van der Waals surface area (Å²) in [5.41, 5.74) is 1.20. The smallest absolute Gasteiger partial charge is 0.255 e. The zero-order valence-electron chi connectivity index (χ0n) is 18.0. The molecule has 5 rings (SSSR count). The molecule has 2 aromatic carbocycles.